The summed E-state index contributed by atoms with van der Waals surface area (Å²) in [4.78, 5) is 4.82. The Balaban J connectivity index is 0.000000145. The maximum absolute atomic E-state index is 6.72. The number of hydrogen-bond donors (Lipinski definition) is 0. The Morgan fingerprint density at radius 3 is 0.860 bits per heavy atom. The molecule has 121 heavy (non-hydrogen) atoms. The Hall–Kier alpha value is -14.8. The zero-order valence-corrected chi connectivity index (χ0v) is 68.5. The summed E-state index contributed by atoms with van der Waals surface area (Å²) < 4.78 is 13.4. The van der Waals surface area contributed by atoms with Crippen molar-refractivity contribution < 1.29 is 8.83 Å². The van der Waals surface area contributed by atoms with E-state index in [0.717, 1.165) is 123 Å². The minimum atomic E-state index is -0.122. The summed E-state index contributed by atoms with van der Waals surface area (Å²) in [7, 11) is 0. The largest absolute Gasteiger partial charge is 0.455 e. The van der Waals surface area contributed by atoms with Gasteiger partial charge in [0.25, 0.3) is 0 Å². The van der Waals surface area contributed by atoms with Crippen LogP contribution in [-0.4, -0.2) is 0 Å². The molecule has 0 fully saturated rings. The van der Waals surface area contributed by atoms with Crippen molar-refractivity contribution in [3.05, 3.63) is 446 Å². The molecular formula is C117H86N2O2. The Kier molecular flexibility index (Phi) is 17.3. The number of benzene rings is 18. The van der Waals surface area contributed by atoms with E-state index in [2.05, 4.69) is 464 Å². The van der Waals surface area contributed by atoms with Gasteiger partial charge in [0.05, 0.1) is 11.4 Å². The van der Waals surface area contributed by atoms with Gasteiger partial charge in [0.2, 0.25) is 0 Å². The molecule has 2 heterocycles. The van der Waals surface area contributed by atoms with Crippen LogP contribution < -0.4 is 9.80 Å². The summed E-state index contributed by atoms with van der Waals surface area (Å²) in [6.07, 6.45) is 0. The lowest BCUT2D eigenvalue weighted by Gasteiger charge is -2.30. The molecule has 23 rings (SSSR count). The fraction of sp³-hybridized carbons (Fsp3) is 0.0769. The van der Waals surface area contributed by atoms with Gasteiger partial charge in [0, 0.05) is 82.8 Å². The highest BCUT2D eigenvalue weighted by Crippen LogP contribution is 2.56. The van der Waals surface area contributed by atoms with Crippen molar-refractivity contribution in [1.82, 2.24) is 0 Å². The molecule has 3 aliphatic rings. The number of hydrogen-bond acceptors (Lipinski definition) is 4. The van der Waals surface area contributed by atoms with Gasteiger partial charge in [-0.25, -0.2) is 0 Å². The molecule has 18 aromatic carbocycles. The summed E-state index contributed by atoms with van der Waals surface area (Å²) in [5.74, 6) is 0. The molecule has 0 saturated carbocycles. The first kappa shape index (κ1) is 72.6. The number of fused-ring (bicyclic) bond motifs is 15. The monoisotopic (exact) mass is 1550 g/mol. The first-order chi connectivity index (χ1) is 59.3. The van der Waals surface area contributed by atoms with Gasteiger partial charge < -0.3 is 18.6 Å². The second kappa shape index (κ2) is 28.8. The molecule has 0 bridgehead atoms. The van der Waals surface area contributed by atoms with E-state index in [9.17, 15) is 0 Å². The molecule has 4 nitrogen and oxygen atoms in total. The van der Waals surface area contributed by atoms with Crippen LogP contribution in [0.1, 0.15) is 74.9 Å². The van der Waals surface area contributed by atoms with Crippen molar-refractivity contribution in [3.8, 4) is 111 Å². The smallest absolute Gasteiger partial charge is 0.143 e. The second-order valence-electron chi connectivity index (χ2n) is 34.2. The third kappa shape index (κ3) is 12.2. The van der Waals surface area contributed by atoms with E-state index in [-0.39, 0.29) is 16.2 Å². The maximum atomic E-state index is 6.72. The molecule has 0 spiro atoms. The van der Waals surface area contributed by atoms with Gasteiger partial charge >= 0.3 is 0 Å². The average molecular weight is 1550 g/mol. The lowest BCUT2D eigenvalue weighted by molar-refractivity contribution is 0.660. The summed E-state index contributed by atoms with van der Waals surface area (Å²) in [5.41, 5.74) is 42.3. The van der Waals surface area contributed by atoms with Crippen molar-refractivity contribution in [2.45, 2.75) is 57.8 Å². The number of rotatable bonds is 13. The SMILES string of the molecule is CC1(C)c2ccccc2-c2ccc(-c3cc(-c4ccc(N(c5ccc(-c6ccccc6)cc5)c5ccccc5-c5ccccc5)cc4)cc4c3oc3ccccc34)cc21.CC1(C)c2ccccc2-c2ccc(-c3cc(-c4ccc(N(c5ccc6c(c5)C(C)(C)c5ccccc5-6)c5ccccc5-c5ccccc5)cc4)cc4c3oc3ccccc34)cc21. The molecule has 0 radical (unpaired) electrons. The molecule has 20 aromatic rings. The van der Waals surface area contributed by atoms with Crippen LogP contribution in [0.3, 0.4) is 0 Å². The normalized spacial score (nSPS) is 13.4. The fourth-order valence-electron chi connectivity index (χ4n) is 19.9. The fourth-order valence-corrected chi connectivity index (χ4v) is 19.9. The molecule has 2 aromatic heterocycles. The van der Waals surface area contributed by atoms with Gasteiger partial charge in [-0.3, -0.25) is 0 Å². The molecule has 0 saturated heterocycles. The molecule has 576 valence electrons. The molecule has 0 aliphatic heterocycles. The first-order valence-corrected chi connectivity index (χ1v) is 42.2. The van der Waals surface area contributed by atoms with E-state index in [4.69, 9.17) is 8.83 Å². The minimum Gasteiger partial charge on any atom is -0.455 e. The van der Waals surface area contributed by atoms with E-state index in [1.165, 1.54) is 100 Å². The molecular weight excluding hydrogens is 1470 g/mol. The zero-order chi connectivity index (χ0) is 81.2. The van der Waals surface area contributed by atoms with Crippen LogP contribution in [0.25, 0.3) is 155 Å². The maximum Gasteiger partial charge on any atom is 0.143 e. The predicted octanol–water partition coefficient (Wildman–Crippen LogP) is 32.7. The van der Waals surface area contributed by atoms with Gasteiger partial charge in [-0.2, -0.15) is 0 Å². The Morgan fingerprint density at radius 2 is 0.455 bits per heavy atom. The van der Waals surface area contributed by atoms with Gasteiger partial charge in [0.15, 0.2) is 0 Å². The molecule has 4 heteroatoms. The van der Waals surface area contributed by atoms with Crippen LogP contribution in [0.15, 0.2) is 421 Å². The Labute approximate surface area is 706 Å². The van der Waals surface area contributed by atoms with Gasteiger partial charge in [0.1, 0.15) is 22.3 Å². The predicted molar refractivity (Wildman–Crippen MR) is 508 cm³/mol. The third-order valence-corrected chi connectivity index (χ3v) is 26.2. The van der Waals surface area contributed by atoms with Crippen molar-refractivity contribution in [1.29, 1.82) is 0 Å². The van der Waals surface area contributed by atoms with Gasteiger partial charge in [-0.05, 0) is 232 Å². The van der Waals surface area contributed by atoms with E-state index < -0.39 is 0 Å². The minimum absolute atomic E-state index is 0.102. The zero-order valence-electron chi connectivity index (χ0n) is 68.5. The van der Waals surface area contributed by atoms with Crippen LogP contribution in [0.5, 0.6) is 0 Å². The summed E-state index contributed by atoms with van der Waals surface area (Å²) >= 11 is 0. The van der Waals surface area contributed by atoms with E-state index >= 15 is 0 Å². The summed E-state index contributed by atoms with van der Waals surface area (Å²) in [5, 5.41) is 4.50. The Morgan fingerprint density at radius 1 is 0.174 bits per heavy atom. The number of para-hydroxylation sites is 4. The summed E-state index contributed by atoms with van der Waals surface area (Å²) in [6, 6.07) is 150. The van der Waals surface area contributed by atoms with Crippen LogP contribution in [0.2, 0.25) is 0 Å². The number of nitrogens with zero attached hydrogens (tertiary/aromatic N) is 2. The van der Waals surface area contributed by atoms with Gasteiger partial charge in [-0.1, -0.05) is 345 Å². The Bertz CT molecular complexity index is 7450. The van der Waals surface area contributed by atoms with Crippen LogP contribution in [0.4, 0.5) is 34.1 Å². The lowest BCUT2D eigenvalue weighted by atomic mass is 9.81. The van der Waals surface area contributed by atoms with E-state index in [1.807, 2.05) is 0 Å². The lowest BCUT2D eigenvalue weighted by Crippen LogP contribution is -2.16. The van der Waals surface area contributed by atoms with Crippen LogP contribution >= 0.6 is 0 Å². The van der Waals surface area contributed by atoms with Crippen molar-refractivity contribution in [2.24, 2.45) is 0 Å². The van der Waals surface area contributed by atoms with Crippen LogP contribution in [0, 0.1) is 0 Å². The molecule has 0 N–H and O–H groups in total. The van der Waals surface area contributed by atoms with E-state index in [0.29, 0.717) is 0 Å². The van der Waals surface area contributed by atoms with Crippen molar-refractivity contribution >= 4 is 78.0 Å². The molecule has 3 aliphatic carbocycles. The quantitative estimate of drug-likeness (QED) is 0.115. The molecule has 0 unspecified atom stereocenters. The third-order valence-electron chi connectivity index (χ3n) is 26.2. The second-order valence-corrected chi connectivity index (χ2v) is 34.2. The van der Waals surface area contributed by atoms with Crippen LogP contribution in [-0.2, 0) is 16.2 Å². The summed E-state index contributed by atoms with van der Waals surface area (Å²) in [6.45, 7) is 14.1. The average Bonchev–Trinajstić information content (AvgIpc) is 1.59. The standard InChI is InChI=1S/C60H45NO.C57H41NO/c1-59(2)52-22-12-8-19-45(52)47-32-28-40(36-54(47)59)50-34-41(35-51-49-21-11-15-25-57(49)62-58(50)51)38-26-29-42(30-27-38)61(56-24-14-10-18-44(56)39-16-6-5-7-17-39)43-31-33-48-46-20-9-13-23-53(46)60(3,4)55(48)37-43;1-57(2)52-22-12-9-20-47(52)48-34-29-42(37-53(48)57)50-35-43(36-51-49-21-11-14-24-55(49)59-56(50)51)40-27-32-45(33-28-40)58(44-30-25-39(26-31-44)38-15-5-3-6-16-38)54-23-13-10-19-46(54)41-17-7-4-8-18-41/h5-37H,1-4H3;3-37H,1-2H3. The highest BCUT2D eigenvalue weighted by Gasteiger charge is 2.39. The van der Waals surface area contributed by atoms with Crippen molar-refractivity contribution in [2.75, 3.05) is 9.80 Å². The van der Waals surface area contributed by atoms with Crippen molar-refractivity contribution in [3.63, 3.8) is 0 Å². The number of anilines is 6. The van der Waals surface area contributed by atoms with E-state index in [1.54, 1.807) is 0 Å². The first-order valence-electron chi connectivity index (χ1n) is 42.2. The van der Waals surface area contributed by atoms with Gasteiger partial charge in [-0.15, -0.1) is 0 Å². The molecule has 0 atom stereocenters. The highest BCUT2D eigenvalue weighted by molar-refractivity contribution is 6.13. The topological polar surface area (TPSA) is 32.8 Å². The highest BCUT2D eigenvalue weighted by atomic mass is 16.3. The number of furan rings is 2. The molecule has 0 amide bonds.